The van der Waals surface area contributed by atoms with Crippen LogP contribution in [0.25, 0.3) is 0 Å². The molecule has 0 fully saturated rings. The second-order valence-corrected chi connectivity index (χ2v) is 2.75. The molecule has 1 rings (SSSR count). The fourth-order valence-corrected chi connectivity index (χ4v) is 1.02. The number of benzene rings is 1. The van der Waals surface area contributed by atoms with Crippen LogP contribution in [-0.4, -0.2) is 16.1 Å². The molecule has 0 aromatic heterocycles. The van der Waals surface area contributed by atoms with E-state index in [1.165, 1.54) is 6.07 Å². The molecule has 8 nitrogen and oxygen atoms in total. The highest BCUT2D eigenvalue weighted by atomic mass is 16.6. The Bertz CT molecular complexity index is 532. The number of non-ortho nitro benzene ring substituents is 1. The van der Waals surface area contributed by atoms with E-state index in [-0.39, 0.29) is 11.4 Å². The van der Waals surface area contributed by atoms with E-state index in [9.17, 15) is 20.2 Å². The lowest BCUT2D eigenvalue weighted by atomic mass is 10.2. The molecule has 0 unspecified atom stereocenters. The number of hydrazone groups is 1. The number of hydrogen-bond acceptors (Lipinski definition) is 6. The Morgan fingerprint density at radius 1 is 1.35 bits per heavy atom. The summed E-state index contributed by atoms with van der Waals surface area (Å²) < 4.78 is 0. The standard InChI is InChI=1S/C9H6N4O4/c1-2-5-10-11-8-4-3-7(12(14)15)6-9(8)13(16)17/h1,3-6,11H/b10-5+. The topological polar surface area (TPSA) is 111 Å². The predicted molar refractivity (Wildman–Crippen MR) is 60.7 cm³/mol. The third kappa shape index (κ3) is 3.00. The van der Waals surface area contributed by atoms with E-state index in [1.54, 1.807) is 0 Å². The van der Waals surface area contributed by atoms with Gasteiger partial charge in [0.1, 0.15) is 5.69 Å². The minimum Gasteiger partial charge on any atom is -0.271 e. The third-order valence-corrected chi connectivity index (χ3v) is 1.71. The van der Waals surface area contributed by atoms with E-state index in [2.05, 4.69) is 16.4 Å². The van der Waals surface area contributed by atoms with Gasteiger partial charge in [-0.15, -0.1) is 6.42 Å². The molecule has 0 saturated heterocycles. The maximum atomic E-state index is 10.7. The van der Waals surface area contributed by atoms with Gasteiger partial charge in [0.25, 0.3) is 5.69 Å². The maximum absolute atomic E-state index is 10.7. The predicted octanol–water partition coefficient (Wildman–Crippen LogP) is 1.53. The Balaban J connectivity index is 3.14. The molecule has 0 aliphatic rings. The second-order valence-electron chi connectivity index (χ2n) is 2.75. The zero-order chi connectivity index (χ0) is 12.8. The van der Waals surface area contributed by atoms with Crippen molar-refractivity contribution in [1.82, 2.24) is 0 Å². The van der Waals surface area contributed by atoms with Crippen molar-refractivity contribution in [1.29, 1.82) is 0 Å². The maximum Gasteiger partial charge on any atom is 0.301 e. The first kappa shape index (κ1) is 12.1. The van der Waals surface area contributed by atoms with E-state index in [0.29, 0.717) is 0 Å². The summed E-state index contributed by atoms with van der Waals surface area (Å²) in [5, 5.41) is 24.6. The molecular weight excluding hydrogens is 228 g/mol. The van der Waals surface area contributed by atoms with Gasteiger partial charge >= 0.3 is 5.69 Å². The SMILES string of the molecule is C#C/C=N/Nc1ccc([N+](=O)[O-])cc1[N+](=O)[O-]. The van der Waals surface area contributed by atoms with Crippen LogP contribution in [0.4, 0.5) is 17.1 Å². The van der Waals surface area contributed by atoms with Crippen LogP contribution in [-0.2, 0) is 0 Å². The highest BCUT2D eigenvalue weighted by Gasteiger charge is 2.18. The average molecular weight is 234 g/mol. The molecule has 0 aliphatic carbocycles. The molecule has 0 heterocycles. The number of nitrogens with zero attached hydrogens (tertiary/aromatic N) is 3. The van der Waals surface area contributed by atoms with Gasteiger partial charge in [0.15, 0.2) is 0 Å². The van der Waals surface area contributed by atoms with Gasteiger partial charge in [-0.25, -0.2) is 0 Å². The van der Waals surface area contributed by atoms with Crippen LogP contribution in [0.5, 0.6) is 0 Å². The van der Waals surface area contributed by atoms with E-state index in [0.717, 1.165) is 18.3 Å². The summed E-state index contributed by atoms with van der Waals surface area (Å²) in [5.41, 5.74) is 1.52. The number of hydrogen-bond donors (Lipinski definition) is 1. The molecule has 8 heteroatoms. The molecule has 0 aliphatic heterocycles. The normalized spacial score (nSPS) is 9.82. The van der Waals surface area contributed by atoms with Crippen LogP contribution < -0.4 is 5.43 Å². The van der Waals surface area contributed by atoms with E-state index < -0.39 is 15.5 Å². The fourth-order valence-electron chi connectivity index (χ4n) is 1.02. The number of anilines is 1. The van der Waals surface area contributed by atoms with Gasteiger partial charge < -0.3 is 0 Å². The number of terminal acetylenes is 1. The highest BCUT2D eigenvalue weighted by molar-refractivity contribution is 5.78. The van der Waals surface area contributed by atoms with E-state index in [1.807, 2.05) is 0 Å². The molecule has 0 radical (unpaired) electrons. The summed E-state index contributed by atoms with van der Waals surface area (Å²) in [5.74, 6) is 2.08. The van der Waals surface area contributed by atoms with Crippen molar-refractivity contribution in [3.8, 4) is 12.3 Å². The molecule has 1 aromatic rings. The average Bonchev–Trinajstić information content (AvgIpc) is 2.29. The lowest BCUT2D eigenvalue weighted by molar-refractivity contribution is -0.393. The summed E-state index contributed by atoms with van der Waals surface area (Å²) in [7, 11) is 0. The second kappa shape index (κ2) is 5.22. The van der Waals surface area contributed by atoms with Gasteiger partial charge in [0, 0.05) is 6.07 Å². The molecule has 0 saturated carbocycles. The van der Waals surface area contributed by atoms with Crippen LogP contribution in [0.2, 0.25) is 0 Å². The molecule has 1 aromatic carbocycles. The van der Waals surface area contributed by atoms with Gasteiger partial charge in [-0.3, -0.25) is 25.7 Å². The lowest BCUT2D eigenvalue weighted by Gasteiger charge is -2.00. The Morgan fingerprint density at radius 2 is 2.06 bits per heavy atom. The quantitative estimate of drug-likeness (QED) is 0.367. The van der Waals surface area contributed by atoms with Crippen LogP contribution in [0.15, 0.2) is 23.3 Å². The Hall–Kier alpha value is -2.95. The van der Waals surface area contributed by atoms with Crippen molar-refractivity contribution in [3.63, 3.8) is 0 Å². The fraction of sp³-hybridized carbons (Fsp3) is 0. The molecule has 86 valence electrons. The first-order valence-electron chi connectivity index (χ1n) is 4.22. The Labute approximate surface area is 95.2 Å². The zero-order valence-corrected chi connectivity index (χ0v) is 8.36. The van der Waals surface area contributed by atoms with Crippen molar-refractivity contribution in [2.24, 2.45) is 5.10 Å². The highest BCUT2D eigenvalue weighted by Crippen LogP contribution is 2.28. The first-order chi connectivity index (χ1) is 8.06. The van der Waals surface area contributed by atoms with Crippen molar-refractivity contribution >= 4 is 23.3 Å². The minimum absolute atomic E-state index is 0.0205. The molecule has 0 spiro atoms. The summed E-state index contributed by atoms with van der Waals surface area (Å²) in [6.07, 6.45) is 5.95. The van der Waals surface area contributed by atoms with E-state index >= 15 is 0 Å². The van der Waals surface area contributed by atoms with Gasteiger partial charge in [-0.05, 0) is 6.07 Å². The summed E-state index contributed by atoms with van der Waals surface area (Å²) >= 11 is 0. The molecular formula is C9H6N4O4. The summed E-state index contributed by atoms with van der Waals surface area (Å²) in [4.78, 5) is 19.7. The molecule has 0 amide bonds. The number of nitro benzene ring substituents is 2. The van der Waals surface area contributed by atoms with Gasteiger partial charge in [-0.2, -0.15) is 5.10 Å². The van der Waals surface area contributed by atoms with Crippen molar-refractivity contribution in [3.05, 3.63) is 38.4 Å². The van der Waals surface area contributed by atoms with E-state index in [4.69, 9.17) is 6.42 Å². The lowest BCUT2D eigenvalue weighted by Crippen LogP contribution is -1.98. The van der Waals surface area contributed by atoms with Crippen LogP contribution in [0.3, 0.4) is 0 Å². The minimum atomic E-state index is -0.749. The summed E-state index contributed by atoms with van der Waals surface area (Å²) in [6, 6.07) is 3.15. The molecule has 1 N–H and O–H groups in total. The van der Waals surface area contributed by atoms with Crippen LogP contribution >= 0.6 is 0 Å². The van der Waals surface area contributed by atoms with Crippen molar-refractivity contribution < 1.29 is 9.85 Å². The molecule has 17 heavy (non-hydrogen) atoms. The van der Waals surface area contributed by atoms with Gasteiger partial charge in [-0.1, -0.05) is 5.92 Å². The van der Waals surface area contributed by atoms with Gasteiger partial charge in [0.05, 0.1) is 22.1 Å². The molecule has 0 atom stereocenters. The summed E-state index contributed by atoms with van der Waals surface area (Å²) in [6.45, 7) is 0. The molecule has 0 bridgehead atoms. The largest absolute Gasteiger partial charge is 0.301 e. The van der Waals surface area contributed by atoms with Crippen molar-refractivity contribution in [2.45, 2.75) is 0 Å². The smallest absolute Gasteiger partial charge is 0.271 e. The van der Waals surface area contributed by atoms with Gasteiger partial charge in [0.2, 0.25) is 0 Å². The Morgan fingerprint density at radius 3 is 2.59 bits per heavy atom. The van der Waals surface area contributed by atoms with Crippen molar-refractivity contribution in [2.75, 3.05) is 5.43 Å². The zero-order valence-electron chi connectivity index (χ0n) is 8.36. The Kier molecular flexibility index (Phi) is 3.72. The number of rotatable bonds is 4. The third-order valence-electron chi connectivity index (χ3n) is 1.71. The first-order valence-corrected chi connectivity index (χ1v) is 4.22. The number of nitrogens with one attached hydrogen (secondary N) is 1. The monoisotopic (exact) mass is 234 g/mol. The van der Waals surface area contributed by atoms with Crippen LogP contribution in [0, 0.1) is 32.6 Å². The number of nitro groups is 2. The van der Waals surface area contributed by atoms with Crippen LogP contribution in [0.1, 0.15) is 0 Å².